The number of methoxy groups -OCH3 is 1. The number of nitrogens with zero attached hydrogens (tertiary/aromatic N) is 3. The molecule has 0 atom stereocenters. The third kappa shape index (κ3) is 3.35. The number of anilines is 1. The van der Waals surface area contributed by atoms with E-state index in [0.29, 0.717) is 12.2 Å². The van der Waals surface area contributed by atoms with Gasteiger partial charge in [0.25, 0.3) is 0 Å². The van der Waals surface area contributed by atoms with E-state index >= 15 is 0 Å². The summed E-state index contributed by atoms with van der Waals surface area (Å²) in [6.45, 7) is 1.67. The van der Waals surface area contributed by atoms with Crippen LogP contribution in [-0.2, 0) is 31.3 Å². The van der Waals surface area contributed by atoms with Crippen LogP contribution in [0.5, 0.6) is 0 Å². The molecule has 3 aromatic rings. The van der Waals surface area contributed by atoms with Crippen molar-refractivity contribution in [2.45, 2.75) is 32.4 Å². The Labute approximate surface area is 158 Å². The van der Waals surface area contributed by atoms with Gasteiger partial charge in [-0.1, -0.05) is 12.1 Å². The third-order valence-electron chi connectivity index (χ3n) is 5.22. The molecule has 0 aliphatic carbocycles. The highest BCUT2D eigenvalue weighted by molar-refractivity contribution is 5.87. The van der Waals surface area contributed by atoms with E-state index in [1.807, 2.05) is 36.0 Å². The van der Waals surface area contributed by atoms with Crippen LogP contribution in [-0.4, -0.2) is 27.2 Å². The molecule has 0 saturated carbocycles. The summed E-state index contributed by atoms with van der Waals surface area (Å²) in [4.78, 5) is 16.4. The second-order valence-corrected chi connectivity index (χ2v) is 6.88. The topological polar surface area (TPSA) is 61.1 Å². The van der Waals surface area contributed by atoms with Crippen molar-refractivity contribution in [3.05, 3.63) is 59.7 Å². The Hall–Kier alpha value is -3.02. The van der Waals surface area contributed by atoms with Crippen molar-refractivity contribution in [2.75, 3.05) is 12.4 Å². The van der Waals surface area contributed by atoms with Crippen molar-refractivity contribution in [2.24, 2.45) is 7.05 Å². The molecule has 2 aromatic heterocycles. The van der Waals surface area contributed by atoms with Crippen molar-refractivity contribution < 1.29 is 9.53 Å². The summed E-state index contributed by atoms with van der Waals surface area (Å²) >= 11 is 0. The Morgan fingerprint density at radius 3 is 3.00 bits per heavy atom. The van der Waals surface area contributed by atoms with Crippen LogP contribution in [0.15, 0.2) is 42.6 Å². The highest BCUT2D eigenvalue weighted by Crippen LogP contribution is 2.26. The fourth-order valence-corrected chi connectivity index (χ4v) is 3.67. The van der Waals surface area contributed by atoms with E-state index in [1.165, 1.54) is 25.6 Å². The van der Waals surface area contributed by atoms with Gasteiger partial charge < -0.3 is 19.2 Å². The average Bonchev–Trinajstić information content (AvgIpc) is 3.30. The van der Waals surface area contributed by atoms with Crippen LogP contribution in [0.25, 0.3) is 11.4 Å². The van der Waals surface area contributed by atoms with Gasteiger partial charge in [-0.2, -0.15) is 0 Å². The molecule has 0 saturated heterocycles. The number of carbonyl (C=O) groups is 1. The zero-order valence-electron chi connectivity index (χ0n) is 15.7. The van der Waals surface area contributed by atoms with Crippen LogP contribution in [0, 0.1) is 0 Å². The summed E-state index contributed by atoms with van der Waals surface area (Å²) in [6.07, 6.45) is 5.58. The van der Waals surface area contributed by atoms with E-state index in [9.17, 15) is 4.79 Å². The minimum absolute atomic E-state index is 0.324. The molecule has 0 spiro atoms. The predicted octanol–water partition coefficient (Wildman–Crippen LogP) is 3.62. The Morgan fingerprint density at radius 1 is 1.26 bits per heavy atom. The number of hydrogen-bond donors (Lipinski definition) is 1. The summed E-state index contributed by atoms with van der Waals surface area (Å²) in [5.41, 5.74) is 5.04. The molecule has 0 amide bonds. The van der Waals surface area contributed by atoms with Gasteiger partial charge in [-0.05, 0) is 43.5 Å². The van der Waals surface area contributed by atoms with E-state index in [1.54, 1.807) is 6.07 Å². The molecule has 0 radical (unpaired) electrons. The quantitative estimate of drug-likeness (QED) is 0.703. The van der Waals surface area contributed by atoms with Gasteiger partial charge in [0.05, 0.1) is 13.7 Å². The van der Waals surface area contributed by atoms with Crippen LogP contribution in [0.1, 0.15) is 34.7 Å². The van der Waals surface area contributed by atoms with Gasteiger partial charge in [0.15, 0.2) is 0 Å². The van der Waals surface area contributed by atoms with E-state index in [4.69, 9.17) is 4.74 Å². The first-order chi connectivity index (χ1) is 13.2. The number of ether oxygens (including phenoxy) is 1. The Kier molecular flexibility index (Phi) is 4.71. The maximum atomic E-state index is 11.7. The summed E-state index contributed by atoms with van der Waals surface area (Å²) in [5, 5.41) is 3.44. The van der Waals surface area contributed by atoms with Gasteiger partial charge in [-0.15, -0.1) is 0 Å². The van der Waals surface area contributed by atoms with Gasteiger partial charge in [-0.25, -0.2) is 9.78 Å². The normalized spacial score (nSPS) is 13.3. The molecule has 6 nitrogen and oxygen atoms in total. The number of aromatic nitrogens is 3. The number of imidazole rings is 1. The summed E-state index contributed by atoms with van der Waals surface area (Å²) in [5.74, 6) is 0.718. The zero-order chi connectivity index (χ0) is 18.8. The first-order valence-corrected chi connectivity index (χ1v) is 9.29. The minimum atomic E-state index is -0.324. The first-order valence-electron chi connectivity index (χ1n) is 9.29. The number of aryl methyl sites for hydroxylation is 1. The smallest absolute Gasteiger partial charge is 0.354 e. The van der Waals surface area contributed by atoms with Crippen LogP contribution < -0.4 is 5.32 Å². The fraction of sp³-hybridized carbons (Fsp3) is 0.333. The molecule has 0 fully saturated rings. The van der Waals surface area contributed by atoms with Gasteiger partial charge in [0.2, 0.25) is 0 Å². The Balaban J connectivity index is 1.52. The maximum absolute atomic E-state index is 11.7. The van der Waals surface area contributed by atoms with Crippen molar-refractivity contribution >= 4 is 11.7 Å². The molecule has 6 heteroatoms. The molecule has 3 heterocycles. The minimum Gasteiger partial charge on any atom is -0.464 e. The number of carbonyl (C=O) groups excluding carboxylic acids is 1. The number of rotatable bonds is 5. The average molecular weight is 364 g/mol. The van der Waals surface area contributed by atoms with Gasteiger partial charge in [0.1, 0.15) is 11.5 Å². The van der Waals surface area contributed by atoms with Crippen molar-refractivity contribution in [3.8, 4) is 11.4 Å². The summed E-state index contributed by atoms with van der Waals surface area (Å²) < 4.78 is 9.00. The molecule has 1 aromatic carbocycles. The number of nitrogens with one attached hydrogen (secondary N) is 1. The second-order valence-electron chi connectivity index (χ2n) is 6.88. The van der Waals surface area contributed by atoms with E-state index in [-0.39, 0.29) is 5.97 Å². The lowest BCUT2D eigenvalue weighted by molar-refractivity contribution is 0.0589. The van der Waals surface area contributed by atoms with E-state index in [2.05, 4.69) is 27.0 Å². The lowest BCUT2D eigenvalue weighted by atomic mass is 10.1. The van der Waals surface area contributed by atoms with E-state index in [0.717, 1.165) is 35.7 Å². The molecule has 1 aliphatic rings. The van der Waals surface area contributed by atoms with Crippen molar-refractivity contribution in [3.63, 3.8) is 0 Å². The van der Waals surface area contributed by atoms with Gasteiger partial charge in [0, 0.05) is 42.4 Å². The molecular formula is C21H24N4O2. The van der Waals surface area contributed by atoms with Crippen LogP contribution in [0.3, 0.4) is 0 Å². The highest BCUT2D eigenvalue weighted by atomic mass is 16.5. The molecule has 1 aliphatic heterocycles. The SMILES string of the molecule is COC(=O)c1ccc(CNc2cccc(-c3ncc4n3CCCC4)c2)n1C. The predicted molar refractivity (Wildman–Crippen MR) is 105 cm³/mol. The Bertz CT molecular complexity index is 970. The molecular weight excluding hydrogens is 340 g/mol. The fourth-order valence-electron chi connectivity index (χ4n) is 3.67. The molecule has 140 valence electrons. The molecule has 4 rings (SSSR count). The summed E-state index contributed by atoms with van der Waals surface area (Å²) in [7, 11) is 3.27. The standard InChI is InChI=1S/C21H24N4O2/c1-24-17(9-10-19(24)21(26)27-2)13-22-16-7-5-6-15(12-16)20-23-14-18-8-3-4-11-25(18)20/h5-7,9-10,12,14,22H,3-4,8,11,13H2,1-2H3. The molecule has 0 bridgehead atoms. The van der Waals surface area contributed by atoms with Crippen molar-refractivity contribution in [1.29, 1.82) is 0 Å². The largest absolute Gasteiger partial charge is 0.464 e. The molecule has 27 heavy (non-hydrogen) atoms. The molecule has 1 N–H and O–H groups in total. The van der Waals surface area contributed by atoms with Gasteiger partial charge >= 0.3 is 5.97 Å². The highest BCUT2D eigenvalue weighted by Gasteiger charge is 2.16. The second kappa shape index (κ2) is 7.31. The van der Waals surface area contributed by atoms with E-state index < -0.39 is 0 Å². The molecule has 0 unspecified atom stereocenters. The maximum Gasteiger partial charge on any atom is 0.354 e. The van der Waals surface area contributed by atoms with Gasteiger partial charge in [-0.3, -0.25) is 0 Å². The lowest BCUT2D eigenvalue weighted by Crippen LogP contribution is -2.11. The third-order valence-corrected chi connectivity index (χ3v) is 5.22. The monoisotopic (exact) mass is 364 g/mol. The number of hydrogen-bond acceptors (Lipinski definition) is 4. The number of fused-ring (bicyclic) bond motifs is 1. The first kappa shape index (κ1) is 17.4. The van der Waals surface area contributed by atoms with Crippen molar-refractivity contribution in [1.82, 2.24) is 14.1 Å². The number of benzene rings is 1. The lowest BCUT2D eigenvalue weighted by Gasteiger charge is -2.17. The van der Waals surface area contributed by atoms with Crippen LogP contribution in [0.4, 0.5) is 5.69 Å². The summed E-state index contributed by atoms with van der Waals surface area (Å²) in [6, 6.07) is 12.1. The number of esters is 1. The van der Waals surface area contributed by atoms with Crippen LogP contribution in [0.2, 0.25) is 0 Å². The zero-order valence-corrected chi connectivity index (χ0v) is 15.7. The Morgan fingerprint density at radius 2 is 2.15 bits per heavy atom. The van der Waals surface area contributed by atoms with Crippen LogP contribution >= 0.6 is 0 Å².